The van der Waals surface area contributed by atoms with E-state index in [1.54, 1.807) is 36.9 Å². The highest BCUT2D eigenvalue weighted by molar-refractivity contribution is 5.93. The number of aliphatic hydroxyl groups is 1. The summed E-state index contributed by atoms with van der Waals surface area (Å²) in [6, 6.07) is 5.24. The van der Waals surface area contributed by atoms with Crippen LogP contribution < -0.4 is 5.32 Å². The Morgan fingerprint density at radius 2 is 2.21 bits per heavy atom. The molecule has 0 atom stereocenters. The molecule has 4 aromatic heterocycles. The lowest BCUT2D eigenvalue weighted by Gasteiger charge is -1.99. The van der Waals surface area contributed by atoms with Gasteiger partial charge in [0.1, 0.15) is 0 Å². The number of carbonyl (C=O) groups is 1. The Morgan fingerprint density at radius 3 is 3.04 bits per heavy atom. The van der Waals surface area contributed by atoms with E-state index in [1.807, 2.05) is 6.07 Å². The van der Waals surface area contributed by atoms with Crippen LogP contribution in [0.2, 0.25) is 0 Å². The zero-order chi connectivity index (χ0) is 19.3. The fourth-order valence-corrected chi connectivity index (χ4v) is 2.63. The summed E-state index contributed by atoms with van der Waals surface area (Å²) >= 11 is 0. The molecule has 0 aliphatic heterocycles. The third-order valence-electron chi connectivity index (χ3n) is 4.01. The zero-order valence-electron chi connectivity index (χ0n) is 14.8. The topological polar surface area (TPSA) is 131 Å². The molecule has 2 N–H and O–H groups in total. The van der Waals surface area contributed by atoms with E-state index in [4.69, 9.17) is 9.63 Å². The maximum absolute atomic E-state index is 12.3. The molecule has 0 aromatic carbocycles. The first-order valence-corrected chi connectivity index (χ1v) is 8.69. The van der Waals surface area contributed by atoms with Crippen molar-refractivity contribution >= 4 is 11.6 Å². The molecule has 0 aliphatic rings. The molecule has 0 aliphatic carbocycles. The zero-order valence-corrected chi connectivity index (χ0v) is 14.8. The highest BCUT2D eigenvalue weighted by Gasteiger charge is 2.13. The van der Waals surface area contributed by atoms with Crippen molar-refractivity contribution in [2.45, 2.75) is 12.8 Å². The Balaban J connectivity index is 1.36. The maximum atomic E-state index is 12.3. The summed E-state index contributed by atoms with van der Waals surface area (Å²) in [5, 5.41) is 19.9. The quantitative estimate of drug-likeness (QED) is 0.479. The van der Waals surface area contributed by atoms with Gasteiger partial charge in [0, 0.05) is 56.0 Å². The smallest absolute Gasteiger partial charge is 0.271 e. The highest BCUT2D eigenvalue weighted by Crippen LogP contribution is 2.13. The number of nitrogens with one attached hydrogen (secondary N) is 1. The van der Waals surface area contributed by atoms with E-state index in [2.05, 4.69) is 30.5 Å². The van der Waals surface area contributed by atoms with Gasteiger partial charge in [0.2, 0.25) is 11.7 Å². The van der Waals surface area contributed by atoms with Gasteiger partial charge in [0.15, 0.2) is 11.3 Å². The second-order valence-corrected chi connectivity index (χ2v) is 6.03. The van der Waals surface area contributed by atoms with Crippen LogP contribution in [0.1, 0.15) is 21.9 Å². The average molecular weight is 379 g/mol. The summed E-state index contributed by atoms with van der Waals surface area (Å²) in [7, 11) is 0. The summed E-state index contributed by atoms with van der Waals surface area (Å²) in [4.78, 5) is 24.9. The van der Waals surface area contributed by atoms with Crippen LogP contribution in [0.4, 0.5) is 0 Å². The molecule has 0 unspecified atom stereocenters. The highest BCUT2D eigenvalue weighted by atomic mass is 16.5. The van der Waals surface area contributed by atoms with E-state index in [9.17, 15) is 4.79 Å². The van der Waals surface area contributed by atoms with Gasteiger partial charge in [-0.1, -0.05) is 5.16 Å². The minimum absolute atomic E-state index is 0.0277. The number of hydrogen-bond acceptors (Lipinski definition) is 8. The van der Waals surface area contributed by atoms with Gasteiger partial charge in [-0.25, -0.2) is 9.50 Å². The van der Waals surface area contributed by atoms with Crippen LogP contribution in [-0.4, -0.2) is 53.9 Å². The lowest BCUT2D eigenvalue weighted by Crippen LogP contribution is -2.26. The molecule has 0 saturated carbocycles. The Morgan fingerprint density at radius 1 is 1.29 bits per heavy atom. The molecule has 142 valence electrons. The van der Waals surface area contributed by atoms with Crippen LogP contribution in [0.5, 0.6) is 0 Å². The van der Waals surface area contributed by atoms with Gasteiger partial charge in [-0.3, -0.25) is 9.78 Å². The van der Waals surface area contributed by atoms with Crippen molar-refractivity contribution in [3.63, 3.8) is 0 Å². The molecular weight excluding hydrogens is 362 g/mol. The van der Waals surface area contributed by atoms with Crippen molar-refractivity contribution in [2.24, 2.45) is 0 Å². The summed E-state index contributed by atoms with van der Waals surface area (Å²) < 4.78 is 6.73. The Kier molecular flexibility index (Phi) is 5.02. The molecule has 0 fully saturated rings. The summed E-state index contributed by atoms with van der Waals surface area (Å²) in [6.07, 6.45) is 7.60. The van der Waals surface area contributed by atoms with Crippen LogP contribution in [0, 0.1) is 0 Å². The van der Waals surface area contributed by atoms with Crippen LogP contribution in [-0.2, 0) is 12.8 Å². The molecule has 0 radical (unpaired) electrons. The molecule has 4 rings (SSSR count). The van der Waals surface area contributed by atoms with Crippen LogP contribution in [0.25, 0.3) is 17.0 Å². The number of pyridine rings is 1. The number of rotatable bonds is 7. The van der Waals surface area contributed by atoms with Crippen molar-refractivity contribution in [3.8, 4) is 11.4 Å². The van der Waals surface area contributed by atoms with Gasteiger partial charge in [0.25, 0.3) is 5.91 Å². The summed E-state index contributed by atoms with van der Waals surface area (Å²) in [5.41, 5.74) is 2.42. The van der Waals surface area contributed by atoms with Gasteiger partial charge in [-0.05, 0) is 24.1 Å². The number of hydrogen-bond donors (Lipinski definition) is 2. The summed E-state index contributed by atoms with van der Waals surface area (Å²) in [5.74, 6) is 0.560. The molecule has 0 bridgehead atoms. The minimum Gasteiger partial charge on any atom is -0.396 e. The minimum atomic E-state index is -0.318. The number of amides is 1. The number of fused-ring (bicyclic) bond motifs is 1. The summed E-state index contributed by atoms with van der Waals surface area (Å²) in [6.45, 7) is 0.352. The maximum Gasteiger partial charge on any atom is 0.271 e. The van der Waals surface area contributed by atoms with Gasteiger partial charge >= 0.3 is 0 Å². The van der Waals surface area contributed by atoms with Crippen molar-refractivity contribution in [1.82, 2.24) is 35.0 Å². The fourth-order valence-electron chi connectivity index (χ4n) is 2.63. The Labute approximate surface area is 159 Å². The average Bonchev–Trinajstić information content (AvgIpc) is 3.35. The van der Waals surface area contributed by atoms with E-state index in [0.29, 0.717) is 36.7 Å². The largest absolute Gasteiger partial charge is 0.396 e. The Hall–Kier alpha value is -3.66. The second kappa shape index (κ2) is 7.92. The first kappa shape index (κ1) is 17.7. The lowest BCUT2D eigenvalue weighted by atomic mass is 10.2. The standard InChI is InChI=1S/C18H17N7O3/c26-7-4-12-9-21-15-8-14(23-25(15)11-12)18(27)20-6-3-16-22-17(24-28-16)13-2-1-5-19-10-13/h1-2,5,8-11,26H,3-4,6-7H2,(H,20,27). The molecule has 0 spiro atoms. The molecule has 28 heavy (non-hydrogen) atoms. The fraction of sp³-hybridized carbons (Fsp3) is 0.222. The third-order valence-corrected chi connectivity index (χ3v) is 4.01. The molecule has 10 heteroatoms. The number of nitrogens with zero attached hydrogens (tertiary/aromatic N) is 6. The molecule has 10 nitrogen and oxygen atoms in total. The number of carbonyl (C=O) groups excluding carboxylic acids is 1. The molecule has 0 saturated heterocycles. The molecular formula is C18H17N7O3. The van der Waals surface area contributed by atoms with Crippen LogP contribution in [0.3, 0.4) is 0 Å². The molecule has 4 aromatic rings. The van der Waals surface area contributed by atoms with Crippen LogP contribution in [0.15, 0.2) is 47.5 Å². The molecule has 1 amide bonds. The van der Waals surface area contributed by atoms with Gasteiger partial charge in [-0.2, -0.15) is 10.1 Å². The van der Waals surface area contributed by atoms with E-state index in [1.165, 1.54) is 4.52 Å². The van der Waals surface area contributed by atoms with E-state index < -0.39 is 0 Å². The van der Waals surface area contributed by atoms with Crippen molar-refractivity contribution in [3.05, 3.63) is 60.1 Å². The second-order valence-electron chi connectivity index (χ2n) is 6.03. The molecule has 4 heterocycles. The lowest BCUT2D eigenvalue weighted by molar-refractivity contribution is 0.0948. The Bertz CT molecular complexity index is 1090. The first-order valence-electron chi connectivity index (χ1n) is 8.69. The predicted octanol–water partition coefficient (Wildman–Crippen LogP) is 0.682. The van der Waals surface area contributed by atoms with Crippen molar-refractivity contribution in [2.75, 3.05) is 13.2 Å². The number of aliphatic hydroxyl groups excluding tert-OH is 1. The van der Waals surface area contributed by atoms with E-state index in [0.717, 1.165) is 11.1 Å². The predicted molar refractivity (Wildman–Crippen MR) is 97.3 cm³/mol. The number of aromatic nitrogens is 6. The monoisotopic (exact) mass is 379 g/mol. The van der Waals surface area contributed by atoms with Crippen molar-refractivity contribution < 1.29 is 14.4 Å². The SMILES string of the molecule is O=C(NCCc1nc(-c2cccnc2)no1)c1cc2ncc(CCO)cn2n1. The normalized spacial score (nSPS) is 11.0. The van der Waals surface area contributed by atoms with E-state index in [-0.39, 0.29) is 18.2 Å². The van der Waals surface area contributed by atoms with Gasteiger partial charge < -0.3 is 14.9 Å². The van der Waals surface area contributed by atoms with E-state index >= 15 is 0 Å². The van der Waals surface area contributed by atoms with Gasteiger partial charge in [-0.15, -0.1) is 0 Å². The third kappa shape index (κ3) is 3.86. The van der Waals surface area contributed by atoms with Crippen molar-refractivity contribution in [1.29, 1.82) is 0 Å². The van der Waals surface area contributed by atoms with Gasteiger partial charge in [0.05, 0.1) is 0 Å². The first-order chi connectivity index (χ1) is 13.7. The van der Waals surface area contributed by atoms with Crippen LogP contribution >= 0.6 is 0 Å².